The lowest BCUT2D eigenvalue weighted by molar-refractivity contribution is 0.342. The Labute approximate surface area is 89.7 Å². The summed E-state index contributed by atoms with van der Waals surface area (Å²) in [5, 5.41) is 0. The van der Waals surface area contributed by atoms with Crippen LogP contribution in [-0.2, 0) is 0 Å². The van der Waals surface area contributed by atoms with E-state index in [0.717, 1.165) is 17.6 Å². The summed E-state index contributed by atoms with van der Waals surface area (Å²) in [6.45, 7) is 0. The summed E-state index contributed by atoms with van der Waals surface area (Å²) in [5.74, 6) is 3.11. The van der Waals surface area contributed by atoms with Crippen molar-refractivity contribution < 1.29 is 0 Å². The Bertz CT molecular complexity index is 268. The molecule has 3 heteroatoms. The molecule has 0 bridgehead atoms. The minimum absolute atomic E-state index is 0.565. The third kappa shape index (κ3) is 2.24. The van der Waals surface area contributed by atoms with E-state index in [2.05, 4.69) is 9.97 Å². The summed E-state index contributed by atoms with van der Waals surface area (Å²) in [6, 6.07) is 1.87. The van der Waals surface area contributed by atoms with Crippen molar-refractivity contribution >= 4 is 11.6 Å². The molecule has 1 heterocycles. The average molecular weight is 211 g/mol. The van der Waals surface area contributed by atoms with Gasteiger partial charge in [-0.25, -0.2) is 9.97 Å². The van der Waals surface area contributed by atoms with Crippen molar-refractivity contribution in [1.29, 1.82) is 0 Å². The van der Waals surface area contributed by atoms with Gasteiger partial charge in [-0.1, -0.05) is 0 Å². The van der Waals surface area contributed by atoms with Crippen molar-refractivity contribution in [3.8, 4) is 0 Å². The van der Waals surface area contributed by atoms with Gasteiger partial charge in [-0.15, -0.1) is 11.6 Å². The molecule has 76 valence electrons. The van der Waals surface area contributed by atoms with Gasteiger partial charge in [0, 0.05) is 24.2 Å². The molecular weight excluding hydrogens is 196 g/mol. The van der Waals surface area contributed by atoms with Crippen molar-refractivity contribution in [3.63, 3.8) is 0 Å². The van der Waals surface area contributed by atoms with Crippen LogP contribution in [0.3, 0.4) is 0 Å². The number of aromatic nitrogens is 2. The lowest BCUT2D eigenvalue weighted by Crippen LogP contribution is -2.15. The summed E-state index contributed by atoms with van der Waals surface area (Å²) in [6.07, 6.45) is 8.51. The van der Waals surface area contributed by atoms with E-state index in [-0.39, 0.29) is 0 Å². The molecular formula is C11H15ClN2. The first-order valence-electron chi connectivity index (χ1n) is 5.23. The standard InChI is InChI=1S/C11H15ClN2/c12-8-9-2-4-10(5-3-9)11-13-6-1-7-14-11/h1,6-7,9-10H,2-5,8H2. The second-order valence-corrected chi connectivity index (χ2v) is 4.29. The molecule has 1 aliphatic carbocycles. The van der Waals surface area contributed by atoms with E-state index < -0.39 is 0 Å². The molecule has 1 aliphatic rings. The van der Waals surface area contributed by atoms with Crippen molar-refractivity contribution in [2.45, 2.75) is 31.6 Å². The van der Waals surface area contributed by atoms with Crippen LogP contribution >= 0.6 is 11.6 Å². The highest BCUT2D eigenvalue weighted by Crippen LogP contribution is 2.34. The van der Waals surface area contributed by atoms with Gasteiger partial charge in [0.15, 0.2) is 0 Å². The van der Waals surface area contributed by atoms with E-state index in [1.165, 1.54) is 25.7 Å². The lowest BCUT2D eigenvalue weighted by atomic mass is 9.82. The number of nitrogens with zero attached hydrogens (tertiary/aromatic N) is 2. The van der Waals surface area contributed by atoms with Gasteiger partial charge in [-0.05, 0) is 37.7 Å². The highest BCUT2D eigenvalue weighted by atomic mass is 35.5. The highest BCUT2D eigenvalue weighted by Gasteiger charge is 2.23. The van der Waals surface area contributed by atoms with Crippen molar-refractivity contribution in [2.24, 2.45) is 5.92 Å². The number of alkyl halides is 1. The summed E-state index contributed by atoms with van der Waals surface area (Å²) in [7, 11) is 0. The average Bonchev–Trinajstić information content (AvgIpc) is 2.30. The van der Waals surface area contributed by atoms with Crippen LogP contribution in [0.2, 0.25) is 0 Å². The Hall–Kier alpha value is -0.630. The number of hydrogen-bond acceptors (Lipinski definition) is 2. The Balaban J connectivity index is 1.96. The SMILES string of the molecule is ClCC1CCC(c2ncccn2)CC1. The molecule has 0 aromatic carbocycles. The molecule has 0 amide bonds. The minimum atomic E-state index is 0.565. The van der Waals surface area contributed by atoms with Crippen molar-refractivity contribution in [3.05, 3.63) is 24.3 Å². The largest absolute Gasteiger partial charge is 0.241 e. The molecule has 0 aliphatic heterocycles. The summed E-state index contributed by atoms with van der Waals surface area (Å²) in [5.41, 5.74) is 0. The maximum Gasteiger partial charge on any atom is 0.131 e. The molecule has 2 rings (SSSR count). The van der Waals surface area contributed by atoms with Crippen molar-refractivity contribution in [1.82, 2.24) is 9.97 Å². The van der Waals surface area contributed by atoms with Gasteiger partial charge in [0.1, 0.15) is 5.82 Å². The first kappa shape index (κ1) is 9.91. The van der Waals surface area contributed by atoms with Gasteiger partial charge < -0.3 is 0 Å². The summed E-state index contributed by atoms with van der Waals surface area (Å²) >= 11 is 5.84. The van der Waals surface area contributed by atoms with Gasteiger partial charge in [-0.2, -0.15) is 0 Å². The molecule has 2 nitrogen and oxygen atoms in total. The molecule has 0 spiro atoms. The van der Waals surface area contributed by atoms with Crippen LogP contribution in [0.4, 0.5) is 0 Å². The molecule has 0 radical (unpaired) electrons. The van der Waals surface area contributed by atoms with Gasteiger partial charge in [0.05, 0.1) is 0 Å². The zero-order valence-corrected chi connectivity index (χ0v) is 8.95. The first-order chi connectivity index (χ1) is 6.90. The lowest BCUT2D eigenvalue weighted by Gasteiger charge is -2.25. The van der Waals surface area contributed by atoms with Gasteiger partial charge in [0.2, 0.25) is 0 Å². The van der Waals surface area contributed by atoms with Crippen LogP contribution in [-0.4, -0.2) is 15.8 Å². The first-order valence-corrected chi connectivity index (χ1v) is 5.76. The highest BCUT2D eigenvalue weighted by molar-refractivity contribution is 6.18. The molecule has 1 aromatic rings. The Kier molecular flexibility index (Phi) is 3.35. The maximum atomic E-state index is 5.84. The van der Waals surface area contributed by atoms with Gasteiger partial charge in [-0.3, -0.25) is 0 Å². The molecule has 0 unspecified atom stereocenters. The Morgan fingerprint density at radius 1 is 1.14 bits per heavy atom. The van der Waals surface area contributed by atoms with Crippen LogP contribution in [0, 0.1) is 5.92 Å². The zero-order chi connectivity index (χ0) is 9.80. The van der Waals surface area contributed by atoms with Crippen LogP contribution in [0.5, 0.6) is 0 Å². The normalized spacial score (nSPS) is 27.5. The fraction of sp³-hybridized carbons (Fsp3) is 0.636. The molecule has 0 atom stereocenters. The molecule has 14 heavy (non-hydrogen) atoms. The zero-order valence-electron chi connectivity index (χ0n) is 8.19. The fourth-order valence-corrected chi connectivity index (χ4v) is 2.40. The van der Waals surface area contributed by atoms with E-state index in [1.54, 1.807) is 0 Å². The second-order valence-electron chi connectivity index (χ2n) is 3.98. The summed E-state index contributed by atoms with van der Waals surface area (Å²) < 4.78 is 0. The summed E-state index contributed by atoms with van der Waals surface area (Å²) in [4.78, 5) is 8.62. The molecule has 0 saturated heterocycles. The Morgan fingerprint density at radius 2 is 1.79 bits per heavy atom. The molecule has 0 N–H and O–H groups in total. The van der Waals surface area contributed by atoms with E-state index in [0.29, 0.717) is 5.92 Å². The van der Waals surface area contributed by atoms with E-state index in [4.69, 9.17) is 11.6 Å². The van der Waals surface area contributed by atoms with Crippen molar-refractivity contribution in [2.75, 3.05) is 5.88 Å². The Morgan fingerprint density at radius 3 is 2.36 bits per heavy atom. The predicted octanol–water partition coefficient (Wildman–Crippen LogP) is 2.99. The van der Waals surface area contributed by atoms with Crippen LogP contribution in [0.1, 0.15) is 37.4 Å². The third-order valence-electron chi connectivity index (χ3n) is 3.02. The molecule has 1 fully saturated rings. The van der Waals surface area contributed by atoms with Crippen LogP contribution < -0.4 is 0 Å². The molecule has 1 saturated carbocycles. The molecule has 1 aromatic heterocycles. The van der Waals surface area contributed by atoms with Crippen LogP contribution in [0.15, 0.2) is 18.5 Å². The topological polar surface area (TPSA) is 25.8 Å². The fourth-order valence-electron chi connectivity index (χ4n) is 2.10. The van der Waals surface area contributed by atoms with E-state index >= 15 is 0 Å². The number of rotatable bonds is 2. The third-order valence-corrected chi connectivity index (χ3v) is 3.45. The number of hydrogen-bond donors (Lipinski definition) is 0. The minimum Gasteiger partial charge on any atom is -0.241 e. The smallest absolute Gasteiger partial charge is 0.131 e. The van der Waals surface area contributed by atoms with E-state index in [9.17, 15) is 0 Å². The quantitative estimate of drug-likeness (QED) is 0.702. The predicted molar refractivity (Wildman–Crippen MR) is 57.5 cm³/mol. The van der Waals surface area contributed by atoms with E-state index in [1.807, 2.05) is 18.5 Å². The van der Waals surface area contributed by atoms with Crippen LogP contribution in [0.25, 0.3) is 0 Å². The van der Waals surface area contributed by atoms with Gasteiger partial charge >= 0.3 is 0 Å². The maximum absolute atomic E-state index is 5.84. The van der Waals surface area contributed by atoms with Gasteiger partial charge in [0.25, 0.3) is 0 Å². The number of halogens is 1. The monoisotopic (exact) mass is 210 g/mol. The second kappa shape index (κ2) is 4.74.